The number of carbonyl (C=O) groups is 2. The largest absolute Gasteiger partial charge is 0.345 e. The summed E-state index contributed by atoms with van der Waals surface area (Å²) in [4.78, 5) is 22.4. The summed E-state index contributed by atoms with van der Waals surface area (Å²) >= 11 is 3.93. The molecule has 0 aliphatic rings. The maximum atomic E-state index is 11.5. The fourth-order valence-electron chi connectivity index (χ4n) is 1.37. The average molecular weight is 252 g/mol. The number of amides is 1. The molecular formula is C12H16N2O2S. The molecule has 0 aromatic heterocycles. The molecule has 0 saturated carbocycles. The van der Waals surface area contributed by atoms with Crippen LogP contribution >= 0.6 is 12.6 Å². The van der Waals surface area contributed by atoms with Crippen LogP contribution < -0.4 is 11.1 Å². The van der Waals surface area contributed by atoms with Crippen molar-refractivity contribution < 1.29 is 9.59 Å². The third-order valence-corrected chi connectivity index (χ3v) is 2.72. The highest BCUT2D eigenvalue weighted by Crippen LogP contribution is 2.02. The van der Waals surface area contributed by atoms with Crippen LogP contribution in [0.25, 0.3) is 0 Å². The second-order valence-electron chi connectivity index (χ2n) is 3.73. The molecule has 1 aromatic rings. The lowest BCUT2D eigenvalue weighted by atomic mass is 10.1. The van der Waals surface area contributed by atoms with Gasteiger partial charge in [0, 0.05) is 5.75 Å². The second-order valence-corrected chi connectivity index (χ2v) is 4.10. The van der Waals surface area contributed by atoms with Gasteiger partial charge in [-0.2, -0.15) is 12.6 Å². The van der Waals surface area contributed by atoms with Crippen molar-refractivity contribution in [3.8, 4) is 0 Å². The summed E-state index contributed by atoms with van der Waals surface area (Å²) in [6.07, 6.45) is 1.19. The standard InChI is InChI=1S/C12H16N2O2S/c13-11(8-17)12(16)14-10(7-15)6-9-4-2-1-3-5-9/h1-5,7,10-11,17H,6,8,13H2,(H,14,16)/t10-,11-/m0/s1. The lowest BCUT2D eigenvalue weighted by molar-refractivity contribution is -0.124. The Labute approximate surface area is 106 Å². The van der Waals surface area contributed by atoms with E-state index in [-0.39, 0.29) is 11.7 Å². The number of nitrogens with two attached hydrogens (primary N) is 1. The van der Waals surface area contributed by atoms with Crippen molar-refractivity contribution in [2.75, 3.05) is 5.75 Å². The molecule has 0 bridgehead atoms. The van der Waals surface area contributed by atoms with Crippen molar-refractivity contribution in [3.05, 3.63) is 35.9 Å². The molecule has 92 valence electrons. The van der Waals surface area contributed by atoms with Crippen molar-refractivity contribution in [3.63, 3.8) is 0 Å². The highest BCUT2D eigenvalue weighted by molar-refractivity contribution is 7.80. The van der Waals surface area contributed by atoms with Crippen LogP contribution in [0.1, 0.15) is 5.56 Å². The first-order chi connectivity index (χ1) is 8.17. The van der Waals surface area contributed by atoms with Crippen molar-refractivity contribution in [1.82, 2.24) is 5.32 Å². The number of hydrogen-bond acceptors (Lipinski definition) is 4. The molecule has 1 aromatic carbocycles. The third kappa shape index (κ3) is 4.58. The summed E-state index contributed by atoms with van der Waals surface area (Å²) in [6, 6.07) is 8.25. The van der Waals surface area contributed by atoms with E-state index >= 15 is 0 Å². The second kappa shape index (κ2) is 7.09. The van der Waals surface area contributed by atoms with E-state index in [2.05, 4.69) is 17.9 Å². The summed E-state index contributed by atoms with van der Waals surface area (Å²) in [5, 5.41) is 2.58. The van der Waals surface area contributed by atoms with Gasteiger partial charge in [0.2, 0.25) is 5.91 Å². The molecule has 0 aliphatic heterocycles. The number of benzene rings is 1. The van der Waals surface area contributed by atoms with Crippen LogP contribution in [0.15, 0.2) is 30.3 Å². The predicted molar refractivity (Wildman–Crippen MR) is 70.0 cm³/mol. The molecule has 0 saturated heterocycles. The van der Waals surface area contributed by atoms with Gasteiger partial charge in [-0.1, -0.05) is 30.3 Å². The summed E-state index contributed by atoms with van der Waals surface area (Å²) in [6.45, 7) is 0. The highest BCUT2D eigenvalue weighted by Gasteiger charge is 2.16. The predicted octanol–water partition coefficient (Wildman–Crippen LogP) is 0.170. The Morgan fingerprint density at radius 3 is 2.59 bits per heavy atom. The lowest BCUT2D eigenvalue weighted by Crippen LogP contribution is -2.47. The fourth-order valence-corrected chi connectivity index (χ4v) is 1.54. The minimum atomic E-state index is -0.684. The van der Waals surface area contributed by atoms with Crippen molar-refractivity contribution >= 4 is 24.8 Å². The zero-order valence-electron chi connectivity index (χ0n) is 9.37. The number of nitrogens with one attached hydrogen (secondary N) is 1. The van der Waals surface area contributed by atoms with Crippen molar-refractivity contribution in [1.29, 1.82) is 0 Å². The molecule has 5 heteroatoms. The van der Waals surface area contributed by atoms with Crippen molar-refractivity contribution in [2.45, 2.75) is 18.5 Å². The van der Waals surface area contributed by atoms with Crippen molar-refractivity contribution in [2.24, 2.45) is 5.73 Å². The van der Waals surface area contributed by atoms with Gasteiger partial charge >= 0.3 is 0 Å². The van der Waals surface area contributed by atoms with Crippen LogP contribution in [0.5, 0.6) is 0 Å². The Bertz CT molecular complexity index is 370. The first kappa shape index (κ1) is 13.7. The topological polar surface area (TPSA) is 72.2 Å². The molecule has 0 spiro atoms. The van der Waals surface area contributed by atoms with Gasteiger partial charge in [-0.25, -0.2) is 0 Å². The Morgan fingerprint density at radius 1 is 1.41 bits per heavy atom. The van der Waals surface area contributed by atoms with E-state index in [0.29, 0.717) is 6.42 Å². The van der Waals surface area contributed by atoms with Gasteiger partial charge in [0.15, 0.2) is 0 Å². The van der Waals surface area contributed by atoms with Gasteiger partial charge < -0.3 is 15.8 Å². The third-order valence-electron chi connectivity index (χ3n) is 2.32. The van der Waals surface area contributed by atoms with E-state index in [1.165, 1.54) is 0 Å². The Morgan fingerprint density at radius 2 is 2.06 bits per heavy atom. The molecule has 0 unspecified atom stereocenters. The number of aldehydes is 1. The first-order valence-corrected chi connectivity index (χ1v) is 5.96. The number of thiol groups is 1. The maximum absolute atomic E-state index is 11.5. The Hall–Kier alpha value is -1.33. The molecule has 0 heterocycles. The van der Waals surface area contributed by atoms with Crippen LogP contribution in [-0.4, -0.2) is 30.0 Å². The molecule has 2 atom stereocenters. The first-order valence-electron chi connectivity index (χ1n) is 5.33. The van der Waals surface area contributed by atoms with Crippen LogP contribution in [0.2, 0.25) is 0 Å². The Kier molecular flexibility index (Phi) is 5.72. The normalized spacial score (nSPS) is 13.8. The van der Waals surface area contributed by atoms with Gasteiger partial charge in [-0.05, 0) is 12.0 Å². The van der Waals surface area contributed by atoms with E-state index in [1.54, 1.807) is 0 Å². The zero-order chi connectivity index (χ0) is 12.7. The monoisotopic (exact) mass is 252 g/mol. The minimum Gasteiger partial charge on any atom is -0.345 e. The minimum absolute atomic E-state index is 0.253. The van der Waals surface area contributed by atoms with E-state index in [9.17, 15) is 9.59 Å². The fraction of sp³-hybridized carbons (Fsp3) is 0.333. The molecule has 1 rings (SSSR count). The van der Waals surface area contributed by atoms with Gasteiger partial charge in [0.05, 0.1) is 12.1 Å². The molecule has 0 aliphatic carbocycles. The molecule has 1 amide bonds. The molecule has 17 heavy (non-hydrogen) atoms. The lowest BCUT2D eigenvalue weighted by Gasteiger charge is -2.15. The van der Waals surface area contributed by atoms with E-state index in [1.807, 2.05) is 30.3 Å². The van der Waals surface area contributed by atoms with Crippen LogP contribution in [-0.2, 0) is 16.0 Å². The van der Waals surface area contributed by atoms with E-state index < -0.39 is 12.1 Å². The molecule has 0 radical (unpaired) electrons. The SMILES string of the molecule is N[C@@H](CS)C(=O)N[C@H](C=O)Cc1ccccc1. The summed E-state index contributed by atoms with van der Waals surface area (Å²) in [5.41, 5.74) is 6.50. The molecule has 3 N–H and O–H groups in total. The molecule has 0 fully saturated rings. The van der Waals surface area contributed by atoms with Crippen LogP contribution in [0, 0.1) is 0 Å². The van der Waals surface area contributed by atoms with E-state index in [0.717, 1.165) is 11.8 Å². The maximum Gasteiger partial charge on any atom is 0.238 e. The summed E-state index contributed by atoms with van der Waals surface area (Å²) in [5.74, 6) is -0.101. The number of rotatable bonds is 6. The van der Waals surface area contributed by atoms with Gasteiger partial charge in [-0.3, -0.25) is 4.79 Å². The summed E-state index contributed by atoms with van der Waals surface area (Å²) < 4.78 is 0. The summed E-state index contributed by atoms with van der Waals surface area (Å²) in [7, 11) is 0. The molecular weight excluding hydrogens is 236 g/mol. The smallest absolute Gasteiger partial charge is 0.238 e. The van der Waals surface area contributed by atoms with E-state index in [4.69, 9.17) is 5.73 Å². The zero-order valence-corrected chi connectivity index (χ0v) is 10.3. The van der Waals surface area contributed by atoms with Crippen LogP contribution in [0.4, 0.5) is 0 Å². The van der Waals surface area contributed by atoms with Gasteiger partial charge in [0.25, 0.3) is 0 Å². The quantitative estimate of drug-likeness (QED) is 0.499. The highest BCUT2D eigenvalue weighted by atomic mass is 32.1. The molecule has 4 nitrogen and oxygen atoms in total. The average Bonchev–Trinajstić information content (AvgIpc) is 2.38. The Balaban J connectivity index is 2.55. The van der Waals surface area contributed by atoms with Gasteiger partial charge in [0.1, 0.15) is 6.29 Å². The van der Waals surface area contributed by atoms with Crippen LogP contribution in [0.3, 0.4) is 0 Å². The number of carbonyl (C=O) groups excluding carboxylic acids is 2. The number of hydrogen-bond donors (Lipinski definition) is 3. The van der Waals surface area contributed by atoms with Gasteiger partial charge in [-0.15, -0.1) is 0 Å².